The molecule has 1 aliphatic rings. The van der Waals surface area contributed by atoms with E-state index in [2.05, 4.69) is 0 Å². The van der Waals surface area contributed by atoms with Crippen molar-refractivity contribution in [1.82, 2.24) is 4.90 Å². The van der Waals surface area contributed by atoms with Crippen LogP contribution in [0.25, 0.3) is 6.08 Å². The van der Waals surface area contributed by atoms with Crippen molar-refractivity contribution in [2.45, 2.75) is 12.5 Å². The van der Waals surface area contributed by atoms with E-state index in [1.807, 2.05) is 30.3 Å². The third-order valence-electron chi connectivity index (χ3n) is 4.01. The predicted octanol–water partition coefficient (Wildman–Crippen LogP) is 3.20. The Morgan fingerprint density at radius 2 is 2.00 bits per heavy atom. The topological polar surface area (TPSA) is 89.8 Å². The van der Waals surface area contributed by atoms with Gasteiger partial charge in [0.2, 0.25) is 0 Å². The number of nitro benzene ring substituents is 1. The second-order valence-electron chi connectivity index (χ2n) is 5.81. The lowest BCUT2D eigenvalue weighted by molar-refractivity contribution is -0.384. The fraction of sp³-hybridized carbons (Fsp3) is 0.158. The predicted molar refractivity (Wildman–Crippen MR) is 94.3 cm³/mol. The van der Waals surface area contributed by atoms with Gasteiger partial charge in [-0.1, -0.05) is 42.5 Å². The molecule has 7 nitrogen and oxygen atoms in total. The summed E-state index contributed by atoms with van der Waals surface area (Å²) in [4.78, 5) is 35.8. The summed E-state index contributed by atoms with van der Waals surface area (Å²) in [7, 11) is 0. The van der Waals surface area contributed by atoms with Crippen LogP contribution in [0.2, 0.25) is 0 Å². The van der Waals surface area contributed by atoms with E-state index in [1.165, 1.54) is 30.4 Å². The number of ether oxygens (including phenoxy) is 1. The average Bonchev–Trinajstić information content (AvgIpc) is 3.01. The van der Waals surface area contributed by atoms with Crippen LogP contribution in [0.3, 0.4) is 0 Å². The first-order valence-corrected chi connectivity index (χ1v) is 8.01. The van der Waals surface area contributed by atoms with Crippen molar-refractivity contribution < 1.29 is 19.2 Å². The van der Waals surface area contributed by atoms with Crippen LogP contribution in [0.15, 0.2) is 60.7 Å². The van der Waals surface area contributed by atoms with Gasteiger partial charge in [0, 0.05) is 18.2 Å². The molecular weight excluding hydrogens is 336 g/mol. The standard InChI is InChI=1S/C19H16N2O5/c22-18(10-9-15-7-4-8-16(11-15)21(24)25)20-17(13-26-19(20)23)12-14-5-2-1-3-6-14/h1-11,17H,12-13H2/b10-9+. The zero-order chi connectivity index (χ0) is 18.5. The summed E-state index contributed by atoms with van der Waals surface area (Å²) in [5, 5.41) is 10.8. The van der Waals surface area contributed by atoms with Crippen LogP contribution in [-0.4, -0.2) is 34.5 Å². The molecule has 26 heavy (non-hydrogen) atoms. The number of cyclic esters (lactones) is 1. The minimum atomic E-state index is -0.681. The summed E-state index contributed by atoms with van der Waals surface area (Å²) in [5.41, 5.74) is 1.43. The monoisotopic (exact) mass is 352 g/mol. The van der Waals surface area contributed by atoms with E-state index < -0.39 is 16.9 Å². The zero-order valence-corrected chi connectivity index (χ0v) is 13.8. The Bertz CT molecular complexity index is 863. The van der Waals surface area contributed by atoms with Crippen LogP contribution in [0, 0.1) is 10.1 Å². The largest absolute Gasteiger partial charge is 0.447 e. The van der Waals surface area contributed by atoms with Crippen LogP contribution < -0.4 is 0 Å². The molecule has 0 spiro atoms. The fourth-order valence-corrected chi connectivity index (χ4v) is 2.76. The van der Waals surface area contributed by atoms with Crippen molar-refractivity contribution >= 4 is 23.8 Å². The van der Waals surface area contributed by atoms with Gasteiger partial charge in [-0.3, -0.25) is 14.9 Å². The molecule has 0 N–H and O–H groups in total. The van der Waals surface area contributed by atoms with Crippen LogP contribution in [-0.2, 0) is 16.0 Å². The molecule has 2 aromatic carbocycles. The second-order valence-corrected chi connectivity index (χ2v) is 5.81. The number of nitrogens with zero attached hydrogens (tertiary/aromatic N) is 2. The maximum atomic E-state index is 12.5. The molecule has 132 valence electrons. The molecular formula is C19H16N2O5. The summed E-state index contributed by atoms with van der Waals surface area (Å²) < 4.78 is 5.02. The number of non-ortho nitro benzene ring substituents is 1. The Labute approximate surface area is 149 Å². The number of hydrogen-bond acceptors (Lipinski definition) is 5. The number of imide groups is 1. The Morgan fingerprint density at radius 3 is 2.73 bits per heavy atom. The van der Waals surface area contributed by atoms with Crippen molar-refractivity contribution in [3.8, 4) is 0 Å². The number of benzene rings is 2. The van der Waals surface area contributed by atoms with Gasteiger partial charge in [-0.05, 0) is 23.6 Å². The summed E-state index contributed by atoms with van der Waals surface area (Å²) in [6.07, 6.45) is 2.49. The molecule has 0 radical (unpaired) electrons. The van der Waals surface area contributed by atoms with Crippen LogP contribution >= 0.6 is 0 Å². The Balaban J connectivity index is 1.73. The Hall–Kier alpha value is -3.48. The van der Waals surface area contributed by atoms with Gasteiger partial charge < -0.3 is 4.74 Å². The molecule has 1 heterocycles. The zero-order valence-electron chi connectivity index (χ0n) is 13.8. The van der Waals surface area contributed by atoms with E-state index in [0.717, 1.165) is 10.5 Å². The number of carbonyl (C=O) groups is 2. The first-order chi connectivity index (χ1) is 12.5. The van der Waals surface area contributed by atoms with Gasteiger partial charge in [-0.25, -0.2) is 9.69 Å². The molecule has 0 saturated carbocycles. The van der Waals surface area contributed by atoms with Crippen LogP contribution in [0.5, 0.6) is 0 Å². The van der Waals surface area contributed by atoms with E-state index in [9.17, 15) is 19.7 Å². The summed E-state index contributed by atoms with van der Waals surface area (Å²) in [6.45, 7) is 0.143. The highest BCUT2D eigenvalue weighted by Crippen LogP contribution is 2.19. The van der Waals surface area contributed by atoms with E-state index in [4.69, 9.17) is 4.74 Å². The summed E-state index contributed by atoms with van der Waals surface area (Å²) >= 11 is 0. The molecule has 1 aliphatic heterocycles. The molecule has 0 aromatic heterocycles. The molecule has 2 aromatic rings. The fourth-order valence-electron chi connectivity index (χ4n) is 2.76. The summed E-state index contributed by atoms with van der Waals surface area (Å²) in [5.74, 6) is -0.514. The first kappa shape index (κ1) is 17.3. The van der Waals surface area contributed by atoms with E-state index in [0.29, 0.717) is 12.0 Å². The van der Waals surface area contributed by atoms with E-state index in [-0.39, 0.29) is 18.3 Å². The van der Waals surface area contributed by atoms with Crippen LogP contribution in [0.1, 0.15) is 11.1 Å². The summed E-state index contributed by atoms with van der Waals surface area (Å²) in [6, 6.07) is 15.0. The van der Waals surface area contributed by atoms with Crippen molar-refractivity contribution in [1.29, 1.82) is 0 Å². The molecule has 3 rings (SSSR count). The molecule has 1 atom stereocenters. The average molecular weight is 352 g/mol. The third kappa shape index (κ3) is 3.94. The maximum Gasteiger partial charge on any atom is 0.417 e. The highest BCUT2D eigenvalue weighted by atomic mass is 16.6. The van der Waals surface area contributed by atoms with Gasteiger partial charge in [-0.2, -0.15) is 0 Å². The molecule has 1 unspecified atom stereocenters. The smallest absolute Gasteiger partial charge is 0.417 e. The molecule has 1 fully saturated rings. The highest BCUT2D eigenvalue weighted by Gasteiger charge is 2.36. The molecule has 2 amide bonds. The van der Waals surface area contributed by atoms with E-state index in [1.54, 1.807) is 6.07 Å². The number of amides is 2. The van der Waals surface area contributed by atoms with Crippen molar-refractivity contribution in [3.05, 3.63) is 81.9 Å². The van der Waals surface area contributed by atoms with Crippen LogP contribution in [0.4, 0.5) is 10.5 Å². The van der Waals surface area contributed by atoms with Gasteiger partial charge >= 0.3 is 6.09 Å². The van der Waals surface area contributed by atoms with Crippen molar-refractivity contribution in [3.63, 3.8) is 0 Å². The van der Waals surface area contributed by atoms with E-state index >= 15 is 0 Å². The number of rotatable bonds is 5. The number of hydrogen-bond donors (Lipinski definition) is 0. The SMILES string of the molecule is O=C(/C=C/c1cccc([N+](=O)[O-])c1)N1C(=O)OCC1Cc1ccccc1. The lowest BCUT2D eigenvalue weighted by atomic mass is 10.1. The lowest BCUT2D eigenvalue weighted by Crippen LogP contribution is -2.39. The second kappa shape index (κ2) is 7.60. The molecule has 0 bridgehead atoms. The van der Waals surface area contributed by atoms with Gasteiger partial charge in [0.25, 0.3) is 11.6 Å². The molecule has 0 aliphatic carbocycles. The van der Waals surface area contributed by atoms with Crippen molar-refractivity contribution in [2.24, 2.45) is 0 Å². The number of carbonyl (C=O) groups excluding carboxylic acids is 2. The minimum Gasteiger partial charge on any atom is -0.447 e. The Morgan fingerprint density at radius 1 is 1.23 bits per heavy atom. The molecule has 1 saturated heterocycles. The lowest BCUT2D eigenvalue weighted by Gasteiger charge is -2.18. The Kier molecular flexibility index (Phi) is 5.07. The molecule has 7 heteroatoms. The van der Waals surface area contributed by atoms with Crippen molar-refractivity contribution in [2.75, 3.05) is 6.61 Å². The maximum absolute atomic E-state index is 12.5. The van der Waals surface area contributed by atoms with Gasteiger partial charge in [0.05, 0.1) is 11.0 Å². The van der Waals surface area contributed by atoms with Gasteiger partial charge in [0.15, 0.2) is 0 Å². The van der Waals surface area contributed by atoms with Gasteiger partial charge in [-0.15, -0.1) is 0 Å². The third-order valence-corrected chi connectivity index (χ3v) is 4.01. The normalized spacial score (nSPS) is 16.7. The van der Waals surface area contributed by atoms with Gasteiger partial charge in [0.1, 0.15) is 6.61 Å². The first-order valence-electron chi connectivity index (χ1n) is 8.01. The quantitative estimate of drug-likeness (QED) is 0.468. The highest BCUT2D eigenvalue weighted by molar-refractivity contribution is 6.02. The minimum absolute atomic E-state index is 0.0675. The number of nitro groups is 1.